The molecule has 0 aliphatic carbocycles. The van der Waals surface area contributed by atoms with Crippen molar-refractivity contribution in [3.63, 3.8) is 0 Å². The van der Waals surface area contributed by atoms with Crippen LogP contribution in [0.1, 0.15) is 24.4 Å². The van der Waals surface area contributed by atoms with Crippen LogP contribution in [0.5, 0.6) is 0 Å². The van der Waals surface area contributed by atoms with E-state index >= 15 is 0 Å². The highest BCUT2D eigenvalue weighted by molar-refractivity contribution is 7.89. The molecule has 4 N–H and O–H groups in total. The summed E-state index contributed by atoms with van der Waals surface area (Å²) in [4.78, 5) is 39.8. The van der Waals surface area contributed by atoms with Crippen LogP contribution in [0.15, 0.2) is 77.7 Å². The number of anilines is 3. The van der Waals surface area contributed by atoms with Gasteiger partial charge < -0.3 is 10.6 Å². The molecule has 0 aromatic heterocycles. The van der Waals surface area contributed by atoms with Crippen molar-refractivity contribution in [2.45, 2.75) is 23.8 Å². The Balaban J connectivity index is 1.62. The molecular formula is C24H21FN4O5S. The van der Waals surface area contributed by atoms with Crippen molar-refractivity contribution in [3.05, 3.63) is 84.2 Å². The predicted molar refractivity (Wildman–Crippen MR) is 127 cm³/mol. The summed E-state index contributed by atoms with van der Waals surface area (Å²) in [5.74, 6) is -1.97. The van der Waals surface area contributed by atoms with Crippen molar-refractivity contribution in [1.29, 1.82) is 0 Å². The van der Waals surface area contributed by atoms with Crippen molar-refractivity contribution in [1.82, 2.24) is 0 Å². The van der Waals surface area contributed by atoms with Gasteiger partial charge in [-0.1, -0.05) is 30.3 Å². The lowest BCUT2D eigenvalue weighted by Crippen LogP contribution is -2.45. The quantitative estimate of drug-likeness (QED) is 0.482. The number of carbonyl (C=O) groups excluding carboxylic acids is 3. The first-order valence-electron chi connectivity index (χ1n) is 10.5. The smallest absolute Gasteiger partial charge is 0.252 e. The van der Waals surface area contributed by atoms with Crippen LogP contribution in [-0.2, 0) is 24.4 Å². The number of rotatable bonds is 6. The number of hydrogen-bond acceptors (Lipinski definition) is 5. The second-order valence-electron chi connectivity index (χ2n) is 7.85. The number of nitrogens with one attached hydrogen (secondary N) is 2. The van der Waals surface area contributed by atoms with Crippen LogP contribution in [0.4, 0.5) is 21.5 Å². The fourth-order valence-corrected chi connectivity index (χ4v) is 4.31. The summed E-state index contributed by atoms with van der Waals surface area (Å²) in [5.41, 5.74) is 1.30. The van der Waals surface area contributed by atoms with E-state index in [4.69, 9.17) is 5.14 Å². The van der Waals surface area contributed by atoms with Gasteiger partial charge in [-0.15, -0.1) is 0 Å². The van der Waals surface area contributed by atoms with E-state index in [1.165, 1.54) is 47.4 Å². The van der Waals surface area contributed by atoms with Gasteiger partial charge in [0.05, 0.1) is 16.3 Å². The predicted octanol–water partition coefficient (Wildman–Crippen LogP) is 2.92. The van der Waals surface area contributed by atoms with Gasteiger partial charge >= 0.3 is 0 Å². The minimum absolute atomic E-state index is 0.109. The number of primary sulfonamides is 1. The number of halogens is 1. The Bertz CT molecular complexity index is 1400. The van der Waals surface area contributed by atoms with E-state index in [1.54, 1.807) is 30.3 Å². The van der Waals surface area contributed by atoms with Crippen LogP contribution in [0.3, 0.4) is 0 Å². The van der Waals surface area contributed by atoms with E-state index in [1.807, 2.05) is 0 Å². The van der Waals surface area contributed by atoms with E-state index in [9.17, 15) is 27.2 Å². The van der Waals surface area contributed by atoms with Crippen LogP contribution in [0, 0.1) is 5.82 Å². The van der Waals surface area contributed by atoms with E-state index in [0.717, 1.165) is 0 Å². The van der Waals surface area contributed by atoms with E-state index in [0.29, 0.717) is 11.3 Å². The normalized spacial score (nSPS) is 15.2. The zero-order valence-electron chi connectivity index (χ0n) is 18.3. The standard InChI is InChI=1S/C24H21FN4O5S/c25-16-6-8-17(9-7-16)27-21(30)12-13-22(31)29-20-11-10-18(35(26,33)34)14-19(20)28-24(32)23(29)15-4-2-1-3-5-15/h1-11,14,23H,12-13H2,(H,27,30)(H,28,32)(H2,26,33,34). The third kappa shape index (κ3) is 5.36. The van der Waals surface area contributed by atoms with Gasteiger partial charge in [0.15, 0.2) is 0 Å². The van der Waals surface area contributed by atoms with Gasteiger partial charge in [0.2, 0.25) is 21.8 Å². The molecule has 0 radical (unpaired) electrons. The molecule has 1 aliphatic rings. The third-order valence-electron chi connectivity index (χ3n) is 5.40. The Morgan fingerprint density at radius 3 is 2.34 bits per heavy atom. The summed E-state index contributed by atoms with van der Waals surface area (Å²) < 4.78 is 36.6. The van der Waals surface area contributed by atoms with Crippen molar-refractivity contribution in [2.24, 2.45) is 5.14 Å². The lowest BCUT2D eigenvalue weighted by molar-refractivity contribution is -0.125. The first kappa shape index (κ1) is 24.0. The van der Waals surface area contributed by atoms with Gasteiger partial charge in [0, 0.05) is 18.5 Å². The zero-order chi connectivity index (χ0) is 25.2. The van der Waals surface area contributed by atoms with Gasteiger partial charge in [-0.25, -0.2) is 17.9 Å². The Morgan fingerprint density at radius 1 is 1.00 bits per heavy atom. The van der Waals surface area contributed by atoms with Crippen LogP contribution in [0.2, 0.25) is 0 Å². The van der Waals surface area contributed by atoms with E-state index < -0.39 is 39.6 Å². The first-order chi connectivity index (χ1) is 16.6. The number of sulfonamides is 1. The molecule has 1 heterocycles. The molecule has 35 heavy (non-hydrogen) atoms. The van der Waals surface area contributed by atoms with Crippen LogP contribution < -0.4 is 20.7 Å². The van der Waals surface area contributed by atoms with Crippen LogP contribution in [0.25, 0.3) is 0 Å². The Morgan fingerprint density at radius 2 is 1.69 bits per heavy atom. The second-order valence-corrected chi connectivity index (χ2v) is 9.41. The molecule has 11 heteroatoms. The SMILES string of the molecule is NS(=O)(=O)c1ccc2c(c1)NC(=O)C(c1ccccc1)N2C(=O)CCC(=O)Nc1ccc(F)cc1. The van der Waals surface area contributed by atoms with Crippen LogP contribution in [-0.4, -0.2) is 26.1 Å². The maximum absolute atomic E-state index is 13.3. The third-order valence-corrected chi connectivity index (χ3v) is 6.31. The number of hydrogen-bond donors (Lipinski definition) is 3. The van der Waals surface area contributed by atoms with Crippen LogP contribution >= 0.6 is 0 Å². The molecule has 9 nitrogen and oxygen atoms in total. The minimum Gasteiger partial charge on any atom is -0.326 e. The molecule has 3 aromatic carbocycles. The van der Waals surface area contributed by atoms with Gasteiger partial charge in [-0.2, -0.15) is 0 Å². The summed E-state index contributed by atoms with van der Waals surface area (Å²) >= 11 is 0. The largest absolute Gasteiger partial charge is 0.326 e. The Labute approximate surface area is 200 Å². The monoisotopic (exact) mass is 496 g/mol. The lowest BCUT2D eigenvalue weighted by atomic mass is 9.99. The number of benzene rings is 3. The molecule has 0 spiro atoms. The average Bonchev–Trinajstić information content (AvgIpc) is 2.82. The molecule has 180 valence electrons. The highest BCUT2D eigenvalue weighted by atomic mass is 32.2. The molecule has 1 aliphatic heterocycles. The maximum atomic E-state index is 13.3. The number of amides is 3. The Hall–Kier alpha value is -4.09. The highest BCUT2D eigenvalue weighted by Crippen LogP contribution is 2.40. The highest BCUT2D eigenvalue weighted by Gasteiger charge is 2.38. The molecule has 1 atom stereocenters. The van der Waals surface area contributed by atoms with Crippen molar-refractivity contribution in [3.8, 4) is 0 Å². The van der Waals surface area contributed by atoms with Crippen molar-refractivity contribution in [2.75, 3.05) is 15.5 Å². The molecular weight excluding hydrogens is 475 g/mol. The lowest BCUT2D eigenvalue weighted by Gasteiger charge is -2.37. The molecule has 0 bridgehead atoms. The van der Waals surface area contributed by atoms with E-state index in [-0.39, 0.29) is 29.1 Å². The summed E-state index contributed by atoms with van der Waals surface area (Å²) in [5, 5.41) is 10.4. The van der Waals surface area contributed by atoms with Gasteiger partial charge in [0.1, 0.15) is 11.9 Å². The molecule has 3 amide bonds. The molecule has 0 fully saturated rings. The number of fused-ring (bicyclic) bond motifs is 1. The molecule has 3 aromatic rings. The molecule has 4 rings (SSSR count). The topological polar surface area (TPSA) is 139 Å². The first-order valence-corrected chi connectivity index (χ1v) is 12.1. The van der Waals surface area contributed by atoms with Crippen molar-refractivity contribution < 1.29 is 27.2 Å². The number of carbonyl (C=O) groups is 3. The van der Waals surface area contributed by atoms with Gasteiger partial charge in [-0.3, -0.25) is 19.3 Å². The second kappa shape index (κ2) is 9.65. The fourth-order valence-electron chi connectivity index (χ4n) is 3.77. The minimum atomic E-state index is -4.04. The summed E-state index contributed by atoms with van der Waals surface area (Å²) in [7, 11) is -4.04. The van der Waals surface area contributed by atoms with Gasteiger partial charge in [0.25, 0.3) is 5.91 Å². The van der Waals surface area contributed by atoms with E-state index in [2.05, 4.69) is 10.6 Å². The average molecular weight is 497 g/mol. The maximum Gasteiger partial charge on any atom is 0.252 e. The number of nitrogens with two attached hydrogens (primary N) is 1. The van der Waals surface area contributed by atoms with Crippen molar-refractivity contribution >= 4 is 44.8 Å². The molecule has 1 unspecified atom stereocenters. The fraction of sp³-hybridized carbons (Fsp3) is 0.125. The Kier molecular flexibility index (Phi) is 6.63. The van der Waals surface area contributed by atoms with Gasteiger partial charge in [-0.05, 0) is 48.0 Å². The zero-order valence-corrected chi connectivity index (χ0v) is 19.1. The molecule has 0 saturated heterocycles. The summed E-state index contributed by atoms with van der Waals surface area (Å²) in [6.07, 6.45) is -0.430. The summed E-state index contributed by atoms with van der Waals surface area (Å²) in [6.45, 7) is 0. The number of nitrogens with zero attached hydrogens (tertiary/aromatic N) is 1. The summed E-state index contributed by atoms with van der Waals surface area (Å²) in [6, 6.07) is 16.6. The molecule has 0 saturated carbocycles.